The van der Waals surface area contributed by atoms with E-state index in [1.165, 1.54) is 0 Å². The van der Waals surface area contributed by atoms with E-state index in [9.17, 15) is 4.79 Å². The molecule has 134 valence electrons. The number of pyridine rings is 1. The molecular formula is C22H19N3O2. The number of hydrogen-bond donors (Lipinski definition) is 1. The van der Waals surface area contributed by atoms with Crippen molar-refractivity contribution in [3.8, 4) is 17.0 Å². The van der Waals surface area contributed by atoms with Gasteiger partial charge in [0.2, 0.25) is 0 Å². The number of carbonyl (C=O) groups excluding carboxylic acids is 1. The molecule has 2 aromatic heterocycles. The van der Waals surface area contributed by atoms with Crippen molar-refractivity contribution in [2.75, 3.05) is 12.4 Å². The molecule has 0 saturated carbocycles. The zero-order valence-corrected chi connectivity index (χ0v) is 15.1. The Morgan fingerprint density at radius 3 is 2.67 bits per heavy atom. The standard InChI is InChI=1S/C22H19N3O2/c1-15-8-3-4-11-18(15)22(26)24-21-20(16-9-7-10-17(14-16)27-2)23-19-12-5-6-13-25(19)21/h3-14H,1-2H3,(H,24,26). The van der Waals surface area contributed by atoms with E-state index in [0.717, 1.165) is 22.5 Å². The summed E-state index contributed by atoms with van der Waals surface area (Å²) in [4.78, 5) is 17.6. The minimum Gasteiger partial charge on any atom is -0.497 e. The van der Waals surface area contributed by atoms with Crippen LogP contribution >= 0.6 is 0 Å². The van der Waals surface area contributed by atoms with Crippen LogP contribution in [-0.2, 0) is 0 Å². The molecule has 0 radical (unpaired) electrons. The molecule has 1 N–H and O–H groups in total. The first-order chi connectivity index (χ1) is 13.2. The molecule has 0 atom stereocenters. The van der Waals surface area contributed by atoms with Crippen molar-refractivity contribution in [2.45, 2.75) is 6.92 Å². The topological polar surface area (TPSA) is 55.6 Å². The van der Waals surface area contributed by atoms with Gasteiger partial charge in [-0.25, -0.2) is 4.98 Å². The van der Waals surface area contributed by atoms with Gasteiger partial charge in [0.05, 0.1) is 7.11 Å². The molecule has 5 heteroatoms. The highest BCUT2D eigenvalue weighted by molar-refractivity contribution is 6.06. The molecule has 0 aliphatic carbocycles. The second kappa shape index (κ2) is 6.96. The molecule has 0 fully saturated rings. The fraction of sp³-hybridized carbons (Fsp3) is 0.0909. The van der Waals surface area contributed by atoms with Crippen LogP contribution in [0.25, 0.3) is 16.9 Å². The molecule has 0 bridgehead atoms. The van der Waals surface area contributed by atoms with Gasteiger partial charge in [0.25, 0.3) is 5.91 Å². The minimum absolute atomic E-state index is 0.164. The van der Waals surface area contributed by atoms with Gasteiger partial charge in [-0.3, -0.25) is 9.20 Å². The van der Waals surface area contributed by atoms with Gasteiger partial charge in [-0.05, 0) is 42.8 Å². The zero-order valence-electron chi connectivity index (χ0n) is 15.1. The Morgan fingerprint density at radius 1 is 1.04 bits per heavy atom. The Hall–Kier alpha value is -3.60. The molecule has 0 aliphatic heterocycles. The van der Waals surface area contributed by atoms with E-state index in [1.54, 1.807) is 7.11 Å². The Morgan fingerprint density at radius 2 is 1.85 bits per heavy atom. The predicted molar refractivity (Wildman–Crippen MR) is 106 cm³/mol. The van der Waals surface area contributed by atoms with E-state index in [-0.39, 0.29) is 5.91 Å². The van der Waals surface area contributed by atoms with Crippen molar-refractivity contribution in [2.24, 2.45) is 0 Å². The van der Waals surface area contributed by atoms with E-state index in [4.69, 9.17) is 9.72 Å². The third-order valence-electron chi connectivity index (χ3n) is 4.49. The Bertz CT molecular complexity index is 1130. The summed E-state index contributed by atoms with van der Waals surface area (Å²) < 4.78 is 7.21. The van der Waals surface area contributed by atoms with E-state index >= 15 is 0 Å². The largest absolute Gasteiger partial charge is 0.497 e. The Balaban J connectivity index is 1.83. The van der Waals surface area contributed by atoms with Crippen molar-refractivity contribution in [3.05, 3.63) is 84.1 Å². The summed E-state index contributed by atoms with van der Waals surface area (Å²) in [5, 5.41) is 3.05. The molecular weight excluding hydrogens is 338 g/mol. The quantitative estimate of drug-likeness (QED) is 0.582. The Kier molecular flexibility index (Phi) is 4.34. The van der Waals surface area contributed by atoms with Crippen molar-refractivity contribution in [1.29, 1.82) is 0 Å². The number of ether oxygens (including phenoxy) is 1. The molecule has 4 aromatic rings. The number of methoxy groups -OCH3 is 1. The van der Waals surface area contributed by atoms with Crippen LogP contribution in [0.15, 0.2) is 72.9 Å². The summed E-state index contributed by atoms with van der Waals surface area (Å²) in [5.74, 6) is 1.20. The second-order valence-corrected chi connectivity index (χ2v) is 6.24. The van der Waals surface area contributed by atoms with Crippen LogP contribution in [0, 0.1) is 6.92 Å². The maximum absolute atomic E-state index is 12.9. The first-order valence-electron chi connectivity index (χ1n) is 8.66. The van der Waals surface area contributed by atoms with Gasteiger partial charge in [-0.15, -0.1) is 0 Å². The number of benzene rings is 2. The molecule has 0 spiro atoms. The SMILES string of the molecule is COc1cccc(-c2nc3ccccn3c2NC(=O)c2ccccc2C)c1. The predicted octanol–water partition coefficient (Wildman–Crippen LogP) is 4.57. The lowest BCUT2D eigenvalue weighted by atomic mass is 10.1. The van der Waals surface area contributed by atoms with Crippen LogP contribution in [0.1, 0.15) is 15.9 Å². The lowest BCUT2D eigenvalue weighted by Crippen LogP contribution is -2.15. The van der Waals surface area contributed by atoms with Crippen LogP contribution in [0.3, 0.4) is 0 Å². The highest BCUT2D eigenvalue weighted by Crippen LogP contribution is 2.31. The first kappa shape index (κ1) is 16.8. The normalized spacial score (nSPS) is 10.7. The maximum Gasteiger partial charge on any atom is 0.257 e. The van der Waals surface area contributed by atoms with Crippen molar-refractivity contribution in [1.82, 2.24) is 9.38 Å². The van der Waals surface area contributed by atoms with Gasteiger partial charge in [-0.1, -0.05) is 36.4 Å². The fourth-order valence-corrected chi connectivity index (χ4v) is 3.09. The van der Waals surface area contributed by atoms with Gasteiger partial charge in [0, 0.05) is 17.3 Å². The monoisotopic (exact) mass is 357 g/mol. The molecule has 1 amide bonds. The van der Waals surface area contributed by atoms with Gasteiger partial charge in [0.1, 0.15) is 22.9 Å². The van der Waals surface area contributed by atoms with E-state index in [2.05, 4.69) is 5.32 Å². The number of aryl methyl sites for hydroxylation is 1. The van der Waals surface area contributed by atoms with Crippen molar-refractivity contribution in [3.63, 3.8) is 0 Å². The minimum atomic E-state index is -0.164. The maximum atomic E-state index is 12.9. The highest BCUT2D eigenvalue weighted by atomic mass is 16.5. The molecule has 0 saturated heterocycles. The Labute approximate surface area is 157 Å². The van der Waals surface area contributed by atoms with Gasteiger partial charge in [0.15, 0.2) is 0 Å². The number of amides is 1. The molecule has 2 aromatic carbocycles. The third-order valence-corrected chi connectivity index (χ3v) is 4.49. The van der Waals surface area contributed by atoms with Gasteiger partial charge < -0.3 is 10.1 Å². The number of anilines is 1. The van der Waals surface area contributed by atoms with Crippen LogP contribution in [0.2, 0.25) is 0 Å². The van der Waals surface area contributed by atoms with Crippen LogP contribution in [0.4, 0.5) is 5.82 Å². The van der Waals surface area contributed by atoms with Crippen molar-refractivity contribution >= 4 is 17.4 Å². The van der Waals surface area contributed by atoms with Gasteiger partial charge >= 0.3 is 0 Å². The molecule has 27 heavy (non-hydrogen) atoms. The van der Waals surface area contributed by atoms with E-state index in [0.29, 0.717) is 17.1 Å². The van der Waals surface area contributed by atoms with Crippen LogP contribution in [-0.4, -0.2) is 22.4 Å². The highest BCUT2D eigenvalue weighted by Gasteiger charge is 2.18. The number of imidazole rings is 1. The van der Waals surface area contributed by atoms with E-state index < -0.39 is 0 Å². The molecule has 5 nitrogen and oxygen atoms in total. The smallest absolute Gasteiger partial charge is 0.257 e. The third kappa shape index (κ3) is 3.15. The van der Waals surface area contributed by atoms with Crippen molar-refractivity contribution < 1.29 is 9.53 Å². The molecule has 2 heterocycles. The number of fused-ring (bicyclic) bond motifs is 1. The molecule has 0 unspecified atom stereocenters. The lowest BCUT2D eigenvalue weighted by molar-refractivity contribution is 0.102. The fourth-order valence-electron chi connectivity index (χ4n) is 3.09. The summed E-state index contributed by atoms with van der Waals surface area (Å²) in [7, 11) is 1.63. The average Bonchev–Trinajstić information content (AvgIpc) is 3.07. The number of nitrogens with one attached hydrogen (secondary N) is 1. The summed E-state index contributed by atoms with van der Waals surface area (Å²) in [6.45, 7) is 1.92. The summed E-state index contributed by atoms with van der Waals surface area (Å²) in [6, 6.07) is 20.9. The van der Waals surface area contributed by atoms with Gasteiger partial charge in [-0.2, -0.15) is 0 Å². The molecule has 4 rings (SSSR count). The summed E-state index contributed by atoms with van der Waals surface area (Å²) >= 11 is 0. The summed E-state index contributed by atoms with van der Waals surface area (Å²) in [6.07, 6.45) is 1.89. The van der Waals surface area contributed by atoms with Crippen LogP contribution in [0.5, 0.6) is 5.75 Å². The average molecular weight is 357 g/mol. The number of nitrogens with zero attached hydrogens (tertiary/aromatic N) is 2. The number of aromatic nitrogens is 2. The number of carbonyl (C=O) groups is 1. The second-order valence-electron chi connectivity index (χ2n) is 6.24. The lowest BCUT2D eigenvalue weighted by Gasteiger charge is -2.10. The first-order valence-corrected chi connectivity index (χ1v) is 8.66. The van der Waals surface area contributed by atoms with E-state index in [1.807, 2.05) is 84.3 Å². The number of rotatable bonds is 4. The number of hydrogen-bond acceptors (Lipinski definition) is 3. The zero-order chi connectivity index (χ0) is 18.8. The summed E-state index contributed by atoms with van der Waals surface area (Å²) in [5.41, 5.74) is 3.89. The van der Waals surface area contributed by atoms with Crippen LogP contribution < -0.4 is 10.1 Å². The molecule has 0 aliphatic rings.